The first-order chi connectivity index (χ1) is 24.0. The van der Waals surface area contributed by atoms with E-state index in [0.717, 1.165) is 50.6 Å². The Morgan fingerprint density at radius 1 is 0.920 bits per heavy atom. The molecule has 0 aromatic rings. The SMILES string of the molecule is CCCCCCCCCCCCN=C[C@]12CC[C@H](O[C@H]3C[C@H](O)[C@H](O)[C@H](C)O3)C[C@@]1(O)CC[C@@H]1[C@@H]2CC[C@]2(C)[C@@H](C3=CC(=O)OC3)CC[C@]12O. The number of carbonyl (C=O) groups excluding carboxylic acids is 1. The number of esters is 1. The molecule has 12 atom stereocenters. The zero-order valence-electron chi connectivity index (χ0n) is 31.2. The van der Waals surface area contributed by atoms with Crippen LogP contribution >= 0.6 is 0 Å². The zero-order chi connectivity index (χ0) is 35.6. The van der Waals surface area contributed by atoms with Crippen molar-refractivity contribution in [3.05, 3.63) is 11.6 Å². The summed E-state index contributed by atoms with van der Waals surface area (Å²) >= 11 is 0. The molecule has 2 aliphatic heterocycles. The fourth-order valence-corrected chi connectivity index (χ4v) is 11.7. The lowest BCUT2D eigenvalue weighted by Gasteiger charge is -2.66. The molecule has 9 nitrogen and oxygen atoms in total. The smallest absolute Gasteiger partial charge is 0.331 e. The second-order valence-corrected chi connectivity index (χ2v) is 17.4. The van der Waals surface area contributed by atoms with E-state index in [0.29, 0.717) is 32.3 Å². The number of hydrogen-bond donors (Lipinski definition) is 4. The summed E-state index contributed by atoms with van der Waals surface area (Å²) in [6.07, 6.45) is 20.0. The number of aliphatic imine (C=N–C) groups is 1. The Hall–Kier alpha value is -1.36. The standard InChI is InChI=1S/C41H67NO8/c1-4-5-6-7-8-9-10-11-12-13-22-42-27-39-19-14-30(50-36-24-34(43)37(45)28(2)49-36)25-40(39,46)20-16-33-32(39)15-18-38(3)31(17-21-41(33,38)47)29-23-35(44)48-26-29/h23,27-28,30-34,36-37,43,45-47H,4-22,24-26H2,1-3H3/t28-,30-,31+,32-,33+,34-,36-,37+,38+,39-,40-,41-/m0/s1. The Morgan fingerprint density at radius 2 is 1.62 bits per heavy atom. The van der Waals surface area contributed by atoms with Gasteiger partial charge in [0.05, 0.1) is 29.5 Å². The van der Waals surface area contributed by atoms with Crippen LogP contribution in [0.2, 0.25) is 0 Å². The predicted molar refractivity (Wildman–Crippen MR) is 193 cm³/mol. The first-order valence-corrected chi connectivity index (χ1v) is 20.5. The van der Waals surface area contributed by atoms with Crippen LogP contribution in [0.1, 0.15) is 149 Å². The Bertz CT molecular complexity index is 1210. The molecule has 0 bridgehead atoms. The summed E-state index contributed by atoms with van der Waals surface area (Å²) in [4.78, 5) is 17.1. The number of nitrogens with zero attached hydrogens (tertiary/aromatic N) is 1. The summed E-state index contributed by atoms with van der Waals surface area (Å²) in [6, 6.07) is 0. The molecule has 1 saturated heterocycles. The van der Waals surface area contributed by atoms with Gasteiger partial charge < -0.3 is 34.6 Å². The normalized spacial score (nSPS) is 44.5. The van der Waals surface area contributed by atoms with Crippen molar-refractivity contribution < 1.29 is 39.4 Å². The van der Waals surface area contributed by atoms with Crippen LogP contribution in [0.25, 0.3) is 0 Å². The molecule has 0 amide bonds. The van der Waals surface area contributed by atoms with Gasteiger partial charge in [-0.25, -0.2) is 4.79 Å². The fourth-order valence-electron chi connectivity index (χ4n) is 11.7. The van der Waals surface area contributed by atoms with Gasteiger partial charge in [-0.1, -0.05) is 71.6 Å². The number of aliphatic hydroxyl groups excluding tert-OH is 2. The predicted octanol–water partition coefficient (Wildman–Crippen LogP) is 6.57. The summed E-state index contributed by atoms with van der Waals surface area (Å²) < 4.78 is 17.7. The number of fused-ring (bicyclic) bond motifs is 5. The molecular formula is C41H67NO8. The minimum atomic E-state index is -1.03. The Labute approximate surface area is 300 Å². The van der Waals surface area contributed by atoms with Crippen molar-refractivity contribution in [1.82, 2.24) is 0 Å². The Balaban J connectivity index is 1.15. The fraction of sp³-hybridized carbons (Fsp3) is 0.902. The molecule has 6 rings (SSSR count). The summed E-state index contributed by atoms with van der Waals surface area (Å²) in [6.45, 7) is 7.33. The highest BCUT2D eigenvalue weighted by molar-refractivity contribution is 5.85. The summed E-state index contributed by atoms with van der Waals surface area (Å²) in [7, 11) is 0. The van der Waals surface area contributed by atoms with E-state index in [1.54, 1.807) is 13.0 Å². The third kappa shape index (κ3) is 7.26. The van der Waals surface area contributed by atoms with Gasteiger partial charge in [0.2, 0.25) is 0 Å². The van der Waals surface area contributed by atoms with Crippen molar-refractivity contribution in [2.75, 3.05) is 13.2 Å². The van der Waals surface area contributed by atoms with Gasteiger partial charge in [0.15, 0.2) is 6.29 Å². The maximum absolute atomic E-state index is 12.8. The maximum atomic E-state index is 12.8. The zero-order valence-corrected chi connectivity index (χ0v) is 31.2. The van der Waals surface area contributed by atoms with E-state index in [1.807, 2.05) is 0 Å². The molecule has 9 heteroatoms. The van der Waals surface area contributed by atoms with Crippen LogP contribution < -0.4 is 0 Å². The molecule has 0 unspecified atom stereocenters. The Morgan fingerprint density at radius 3 is 2.30 bits per heavy atom. The molecule has 284 valence electrons. The maximum Gasteiger partial charge on any atom is 0.331 e. The van der Waals surface area contributed by atoms with Crippen LogP contribution in [0.4, 0.5) is 0 Å². The first kappa shape index (κ1) is 38.4. The average Bonchev–Trinajstić information content (AvgIpc) is 3.63. The number of hydrogen-bond acceptors (Lipinski definition) is 9. The van der Waals surface area contributed by atoms with Crippen LogP contribution in [0, 0.1) is 28.6 Å². The van der Waals surface area contributed by atoms with Gasteiger partial charge >= 0.3 is 5.97 Å². The number of carbonyl (C=O) groups is 1. The van der Waals surface area contributed by atoms with E-state index in [2.05, 4.69) is 20.1 Å². The molecule has 4 aliphatic carbocycles. The molecule has 4 N–H and O–H groups in total. The van der Waals surface area contributed by atoms with Crippen molar-refractivity contribution in [3.63, 3.8) is 0 Å². The summed E-state index contributed by atoms with van der Waals surface area (Å²) in [5.74, 6) is -0.0252. The van der Waals surface area contributed by atoms with Crippen LogP contribution in [-0.2, 0) is 19.0 Å². The molecule has 2 heterocycles. The van der Waals surface area contributed by atoms with Crippen LogP contribution in [0.5, 0.6) is 0 Å². The van der Waals surface area contributed by atoms with E-state index in [4.69, 9.17) is 19.2 Å². The molecule has 0 aromatic heterocycles. The van der Waals surface area contributed by atoms with Crippen molar-refractivity contribution in [1.29, 1.82) is 0 Å². The van der Waals surface area contributed by atoms with Crippen molar-refractivity contribution in [3.8, 4) is 0 Å². The monoisotopic (exact) mass is 701 g/mol. The summed E-state index contributed by atoms with van der Waals surface area (Å²) in [5, 5.41) is 46.2. The highest BCUT2D eigenvalue weighted by Crippen LogP contribution is 2.70. The molecule has 6 aliphatic rings. The number of unbranched alkanes of at least 4 members (excludes halogenated alkanes) is 9. The molecular weight excluding hydrogens is 634 g/mol. The topological polar surface area (TPSA) is 138 Å². The Kier molecular flexibility index (Phi) is 12.2. The third-order valence-electron chi connectivity index (χ3n) is 14.6. The number of rotatable bonds is 15. The molecule has 5 fully saturated rings. The minimum absolute atomic E-state index is 0.0329. The van der Waals surface area contributed by atoms with E-state index < -0.39 is 41.2 Å². The van der Waals surface area contributed by atoms with E-state index >= 15 is 0 Å². The third-order valence-corrected chi connectivity index (χ3v) is 14.6. The number of aliphatic hydroxyl groups is 4. The van der Waals surface area contributed by atoms with Gasteiger partial charge in [-0.3, -0.25) is 4.99 Å². The van der Waals surface area contributed by atoms with Gasteiger partial charge in [0.1, 0.15) is 12.7 Å². The van der Waals surface area contributed by atoms with Crippen LogP contribution in [0.15, 0.2) is 16.6 Å². The lowest BCUT2D eigenvalue weighted by atomic mass is 9.41. The van der Waals surface area contributed by atoms with E-state index in [1.165, 1.54) is 57.8 Å². The second kappa shape index (κ2) is 15.9. The van der Waals surface area contributed by atoms with Crippen LogP contribution in [0.3, 0.4) is 0 Å². The van der Waals surface area contributed by atoms with E-state index in [-0.39, 0.29) is 41.7 Å². The molecule has 4 saturated carbocycles. The molecule has 0 spiro atoms. The minimum Gasteiger partial charge on any atom is -0.458 e. The summed E-state index contributed by atoms with van der Waals surface area (Å²) in [5.41, 5.74) is -1.80. The molecule has 50 heavy (non-hydrogen) atoms. The lowest BCUT2D eigenvalue weighted by Crippen LogP contribution is -2.69. The van der Waals surface area contributed by atoms with Gasteiger partial charge in [-0.15, -0.1) is 0 Å². The van der Waals surface area contributed by atoms with Gasteiger partial charge in [0, 0.05) is 42.5 Å². The second-order valence-electron chi connectivity index (χ2n) is 17.4. The van der Waals surface area contributed by atoms with Crippen molar-refractivity contribution in [2.45, 2.75) is 191 Å². The van der Waals surface area contributed by atoms with Crippen molar-refractivity contribution in [2.24, 2.45) is 33.6 Å². The average molecular weight is 702 g/mol. The first-order valence-electron chi connectivity index (χ1n) is 20.5. The lowest BCUT2D eigenvalue weighted by molar-refractivity contribution is -0.282. The van der Waals surface area contributed by atoms with Gasteiger partial charge in [-0.05, 0) is 88.0 Å². The van der Waals surface area contributed by atoms with Gasteiger partial charge in [-0.2, -0.15) is 0 Å². The molecule has 0 aromatic carbocycles. The number of cyclic esters (lactones) is 1. The van der Waals surface area contributed by atoms with Crippen molar-refractivity contribution >= 4 is 12.2 Å². The highest BCUT2D eigenvalue weighted by atomic mass is 16.7. The quantitative estimate of drug-likeness (QED) is 0.0651. The number of ether oxygens (including phenoxy) is 3. The van der Waals surface area contributed by atoms with Crippen LogP contribution in [-0.4, -0.2) is 87.7 Å². The van der Waals surface area contributed by atoms with E-state index in [9.17, 15) is 25.2 Å². The van der Waals surface area contributed by atoms with Gasteiger partial charge in [0.25, 0.3) is 0 Å². The largest absolute Gasteiger partial charge is 0.458 e. The molecule has 0 radical (unpaired) electrons. The highest BCUT2D eigenvalue weighted by Gasteiger charge is 2.71.